The molecule has 0 unspecified atom stereocenters. The van der Waals surface area contributed by atoms with Crippen LogP contribution in [0.5, 0.6) is 0 Å². The van der Waals surface area contributed by atoms with Gasteiger partial charge in [0, 0.05) is 38.0 Å². The molecule has 0 saturated carbocycles. The van der Waals surface area contributed by atoms with E-state index in [1.165, 1.54) is 5.69 Å². The minimum atomic E-state index is -0.128. The number of aliphatic hydroxyl groups excluding tert-OH is 1. The van der Waals surface area contributed by atoms with E-state index in [0.717, 1.165) is 25.9 Å². The minimum Gasteiger partial charge on any atom is -0.396 e. The van der Waals surface area contributed by atoms with Gasteiger partial charge in [-0.1, -0.05) is 18.2 Å². The minimum absolute atomic E-state index is 0.107. The number of carbonyl (C=O) groups excluding carboxylic acids is 1. The van der Waals surface area contributed by atoms with Crippen LogP contribution in [0.1, 0.15) is 19.3 Å². The van der Waals surface area contributed by atoms with Crippen molar-refractivity contribution >= 4 is 11.7 Å². The number of anilines is 1. The number of nitrogens with zero attached hydrogens (tertiary/aromatic N) is 1. The van der Waals surface area contributed by atoms with Gasteiger partial charge in [-0.2, -0.15) is 0 Å². The smallest absolute Gasteiger partial charge is 0.315 e. The molecule has 1 aliphatic rings. The zero-order valence-corrected chi connectivity index (χ0v) is 11.7. The molecule has 0 radical (unpaired) electrons. The molecule has 3 N–H and O–H groups in total. The van der Waals surface area contributed by atoms with Gasteiger partial charge in [0.2, 0.25) is 0 Å². The number of benzene rings is 1. The van der Waals surface area contributed by atoms with E-state index in [1.54, 1.807) is 0 Å². The molecular weight excluding hydrogens is 254 g/mol. The Bertz CT molecular complexity index is 403. The summed E-state index contributed by atoms with van der Waals surface area (Å²) in [5, 5.41) is 14.4. The van der Waals surface area contributed by atoms with Crippen molar-refractivity contribution in [1.82, 2.24) is 10.6 Å². The summed E-state index contributed by atoms with van der Waals surface area (Å²) < 4.78 is 0. The predicted molar refractivity (Wildman–Crippen MR) is 79.9 cm³/mol. The van der Waals surface area contributed by atoms with Gasteiger partial charge in [0.05, 0.1) is 0 Å². The van der Waals surface area contributed by atoms with Crippen LogP contribution in [-0.2, 0) is 0 Å². The molecule has 0 aliphatic carbocycles. The molecule has 1 heterocycles. The number of urea groups is 1. The summed E-state index contributed by atoms with van der Waals surface area (Å²) in [7, 11) is 0. The zero-order valence-electron chi connectivity index (χ0n) is 11.7. The molecule has 2 amide bonds. The Morgan fingerprint density at radius 2 is 1.95 bits per heavy atom. The average Bonchev–Trinajstić information content (AvgIpc) is 2.49. The summed E-state index contributed by atoms with van der Waals surface area (Å²) in [5.74, 6) is 0. The molecule has 0 atom stereocenters. The Kier molecular flexibility index (Phi) is 5.68. The number of piperidine rings is 1. The molecular formula is C15H23N3O2. The Hall–Kier alpha value is -1.75. The summed E-state index contributed by atoms with van der Waals surface area (Å²) in [6.45, 7) is 2.55. The molecule has 5 heteroatoms. The van der Waals surface area contributed by atoms with E-state index in [-0.39, 0.29) is 18.7 Å². The van der Waals surface area contributed by atoms with E-state index < -0.39 is 0 Å². The number of hydrogen-bond donors (Lipinski definition) is 3. The van der Waals surface area contributed by atoms with Gasteiger partial charge in [0.15, 0.2) is 0 Å². The van der Waals surface area contributed by atoms with Crippen molar-refractivity contribution in [2.45, 2.75) is 25.3 Å². The van der Waals surface area contributed by atoms with Crippen molar-refractivity contribution < 1.29 is 9.90 Å². The van der Waals surface area contributed by atoms with E-state index in [4.69, 9.17) is 5.11 Å². The van der Waals surface area contributed by atoms with Gasteiger partial charge in [0.1, 0.15) is 0 Å². The highest BCUT2D eigenvalue weighted by molar-refractivity contribution is 5.74. The molecule has 110 valence electrons. The first-order valence-electron chi connectivity index (χ1n) is 7.25. The third-order valence-electron chi connectivity index (χ3n) is 3.57. The van der Waals surface area contributed by atoms with Crippen LogP contribution in [0.4, 0.5) is 10.5 Å². The first-order valence-corrected chi connectivity index (χ1v) is 7.25. The number of aliphatic hydroxyl groups is 1. The first kappa shape index (κ1) is 14.7. The molecule has 20 heavy (non-hydrogen) atoms. The predicted octanol–water partition coefficient (Wildman–Crippen LogP) is 1.34. The van der Waals surface area contributed by atoms with Crippen LogP contribution < -0.4 is 15.5 Å². The monoisotopic (exact) mass is 277 g/mol. The van der Waals surface area contributed by atoms with Crippen molar-refractivity contribution in [3.05, 3.63) is 30.3 Å². The van der Waals surface area contributed by atoms with E-state index >= 15 is 0 Å². The lowest BCUT2D eigenvalue weighted by molar-refractivity contribution is 0.232. The van der Waals surface area contributed by atoms with Crippen LogP contribution in [0.2, 0.25) is 0 Å². The summed E-state index contributed by atoms with van der Waals surface area (Å²) in [6, 6.07) is 10.5. The van der Waals surface area contributed by atoms with Gasteiger partial charge in [-0.3, -0.25) is 0 Å². The first-order chi connectivity index (χ1) is 9.79. The van der Waals surface area contributed by atoms with Gasteiger partial charge in [-0.05, 0) is 31.4 Å². The van der Waals surface area contributed by atoms with Crippen molar-refractivity contribution in [2.24, 2.45) is 0 Å². The van der Waals surface area contributed by atoms with E-state index in [2.05, 4.69) is 27.7 Å². The van der Waals surface area contributed by atoms with Crippen LogP contribution in [-0.4, -0.2) is 43.4 Å². The molecule has 0 spiro atoms. The maximum Gasteiger partial charge on any atom is 0.315 e. The fourth-order valence-electron chi connectivity index (χ4n) is 2.44. The summed E-state index contributed by atoms with van der Waals surface area (Å²) in [4.78, 5) is 14.0. The van der Waals surface area contributed by atoms with E-state index in [0.29, 0.717) is 13.0 Å². The molecule has 5 nitrogen and oxygen atoms in total. The number of carbonyl (C=O) groups is 1. The Morgan fingerprint density at radius 3 is 2.60 bits per heavy atom. The fraction of sp³-hybridized carbons (Fsp3) is 0.533. The second-order valence-electron chi connectivity index (χ2n) is 5.07. The maximum atomic E-state index is 11.6. The van der Waals surface area contributed by atoms with Crippen molar-refractivity contribution in [3.8, 4) is 0 Å². The van der Waals surface area contributed by atoms with Gasteiger partial charge in [-0.25, -0.2) is 4.79 Å². The third kappa shape index (κ3) is 4.42. The van der Waals surface area contributed by atoms with Crippen LogP contribution in [0.15, 0.2) is 30.3 Å². The lowest BCUT2D eigenvalue weighted by Crippen LogP contribution is -2.48. The van der Waals surface area contributed by atoms with Crippen LogP contribution in [0.3, 0.4) is 0 Å². The van der Waals surface area contributed by atoms with Crippen molar-refractivity contribution in [2.75, 3.05) is 31.1 Å². The highest BCUT2D eigenvalue weighted by Gasteiger charge is 2.20. The summed E-state index contributed by atoms with van der Waals surface area (Å²) >= 11 is 0. The largest absolute Gasteiger partial charge is 0.396 e. The number of nitrogens with one attached hydrogen (secondary N) is 2. The van der Waals surface area contributed by atoms with Gasteiger partial charge in [0.25, 0.3) is 0 Å². The molecule has 2 rings (SSSR count). The average molecular weight is 277 g/mol. The van der Waals surface area contributed by atoms with E-state index in [9.17, 15) is 4.79 Å². The topological polar surface area (TPSA) is 64.6 Å². The summed E-state index contributed by atoms with van der Waals surface area (Å²) in [5.41, 5.74) is 1.25. The molecule has 1 aromatic carbocycles. The van der Waals surface area contributed by atoms with Crippen LogP contribution >= 0.6 is 0 Å². The second-order valence-corrected chi connectivity index (χ2v) is 5.07. The quantitative estimate of drug-likeness (QED) is 0.712. The molecule has 1 aliphatic heterocycles. The van der Waals surface area contributed by atoms with Crippen molar-refractivity contribution in [1.29, 1.82) is 0 Å². The molecule has 1 saturated heterocycles. The highest BCUT2D eigenvalue weighted by Crippen LogP contribution is 2.19. The lowest BCUT2D eigenvalue weighted by atomic mass is 10.0. The van der Waals surface area contributed by atoms with Gasteiger partial charge in [-0.15, -0.1) is 0 Å². The highest BCUT2D eigenvalue weighted by atomic mass is 16.3. The number of rotatable bonds is 5. The third-order valence-corrected chi connectivity index (χ3v) is 3.57. The number of para-hydroxylation sites is 1. The molecule has 1 fully saturated rings. The van der Waals surface area contributed by atoms with Crippen molar-refractivity contribution in [3.63, 3.8) is 0 Å². The molecule has 0 bridgehead atoms. The Labute approximate surface area is 120 Å². The fourth-order valence-corrected chi connectivity index (χ4v) is 2.44. The number of amides is 2. The Morgan fingerprint density at radius 1 is 1.25 bits per heavy atom. The van der Waals surface area contributed by atoms with Gasteiger partial charge < -0.3 is 20.6 Å². The zero-order chi connectivity index (χ0) is 14.2. The lowest BCUT2D eigenvalue weighted by Gasteiger charge is -2.33. The molecule has 0 aromatic heterocycles. The molecule has 1 aromatic rings. The SMILES string of the molecule is O=C(NCCCO)NC1CCN(c2ccccc2)CC1. The number of hydrogen-bond acceptors (Lipinski definition) is 3. The van der Waals surface area contributed by atoms with Gasteiger partial charge >= 0.3 is 6.03 Å². The summed E-state index contributed by atoms with van der Waals surface area (Å²) in [6.07, 6.45) is 2.52. The second kappa shape index (κ2) is 7.75. The van der Waals surface area contributed by atoms with Crippen LogP contribution in [0.25, 0.3) is 0 Å². The normalized spacial score (nSPS) is 15.9. The standard InChI is InChI=1S/C15H23N3O2/c19-12-4-9-16-15(20)17-13-7-10-18(11-8-13)14-5-2-1-3-6-14/h1-3,5-6,13,19H,4,7-12H2,(H2,16,17,20). The maximum absolute atomic E-state index is 11.6. The van der Waals surface area contributed by atoms with E-state index in [1.807, 2.05) is 18.2 Å². The van der Waals surface area contributed by atoms with Crippen LogP contribution in [0, 0.1) is 0 Å². The Balaban J connectivity index is 1.70.